The maximum Gasteiger partial charge on any atom is 0.336 e. The molecule has 4 nitrogen and oxygen atoms in total. The van der Waals surface area contributed by atoms with Crippen LogP contribution in [0.5, 0.6) is 0 Å². The minimum absolute atomic E-state index is 0.270. The van der Waals surface area contributed by atoms with Crippen LogP contribution in [0.4, 0.5) is 0 Å². The van der Waals surface area contributed by atoms with Crippen molar-refractivity contribution < 1.29 is 9.90 Å². The Labute approximate surface area is 122 Å². The quantitative estimate of drug-likeness (QED) is 0.943. The molecule has 0 spiro atoms. The molecule has 1 aliphatic rings. The zero-order chi connectivity index (χ0) is 14.1. The predicted molar refractivity (Wildman–Crippen MR) is 78.2 cm³/mol. The average Bonchev–Trinajstić information content (AvgIpc) is 2.91. The average molecular weight is 291 g/mol. The number of carboxylic acid groups (broad SMARTS) is 1. The number of carbonyl (C=O) groups is 1. The molecule has 104 valence electrons. The van der Waals surface area contributed by atoms with Gasteiger partial charge in [0, 0.05) is 17.0 Å². The van der Waals surface area contributed by atoms with Gasteiger partial charge in [-0.05, 0) is 50.2 Å². The molecule has 1 saturated heterocycles. The van der Waals surface area contributed by atoms with Crippen molar-refractivity contribution in [2.45, 2.75) is 19.4 Å². The number of rotatable bonds is 3. The summed E-state index contributed by atoms with van der Waals surface area (Å²) in [5.41, 5.74) is 1.76. The van der Waals surface area contributed by atoms with E-state index in [1.807, 2.05) is 0 Å². The summed E-state index contributed by atoms with van der Waals surface area (Å²) in [5, 5.41) is 10.5. The number of fused-ring (bicyclic) bond motifs is 1. The van der Waals surface area contributed by atoms with Crippen LogP contribution in [0.3, 0.4) is 0 Å². The van der Waals surface area contributed by atoms with E-state index in [0.29, 0.717) is 22.5 Å². The van der Waals surface area contributed by atoms with Crippen molar-refractivity contribution in [3.05, 3.63) is 40.5 Å². The first-order valence-electron chi connectivity index (χ1n) is 6.68. The minimum Gasteiger partial charge on any atom is -0.478 e. The standard InChI is InChI=1S/C15H15ClN2O2/c16-10-3-4-14-12(7-10)13(15(19)20)8-11(17-14)9-18-5-1-2-6-18/h3-4,7-8H,1-2,5-6,9H2,(H,19,20). The topological polar surface area (TPSA) is 53.4 Å². The highest BCUT2D eigenvalue weighted by Crippen LogP contribution is 2.23. The van der Waals surface area contributed by atoms with Gasteiger partial charge >= 0.3 is 5.97 Å². The van der Waals surface area contributed by atoms with E-state index in [0.717, 1.165) is 18.8 Å². The maximum atomic E-state index is 11.4. The predicted octanol–water partition coefficient (Wildman–Crippen LogP) is 3.18. The largest absolute Gasteiger partial charge is 0.478 e. The number of carboxylic acids is 1. The van der Waals surface area contributed by atoms with E-state index < -0.39 is 5.97 Å². The van der Waals surface area contributed by atoms with Crippen LogP contribution >= 0.6 is 11.6 Å². The van der Waals surface area contributed by atoms with E-state index in [4.69, 9.17) is 11.6 Å². The molecule has 2 aromatic rings. The number of halogens is 1. The Bertz CT molecular complexity index is 666. The van der Waals surface area contributed by atoms with Crippen molar-refractivity contribution >= 4 is 28.5 Å². The van der Waals surface area contributed by atoms with E-state index in [1.165, 1.54) is 12.8 Å². The fourth-order valence-electron chi connectivity index (χ4n) is 2.68. The molecule has 1 N–H and O–H groups in total. The molecule has 1 fully saturated rings. The lowest BCUT2D eigenvalue weighted by Gasteiger charge is -2.15. The third-order valence-electron chi connectivity index (χ3n) is 3.64. The second kappa shape index (κ2) is 5.38. The number of benzene rings is 1. The van der Waals surface area contributed by atoms with E-state index >= 15 is 0 Å². The van der Waals surface area contributed by atoms with Crippen LogP contribution in [0.2, 0.25) is 5.02 Å². The van der Waals surface area contributed by atoms with Gasteiger partial charge in [-0.15, -0.1) is 0 Å². The van der Waals surface area contributed by atoms with Crippen molar-refractivity contribution in [1.29, 1.82) is 0 Å². The second-order valence-corrected chi connectivity index (χ2v) is 5.55. The summed E-state index contributed by atoms with van der Waals surface area (Å²) >= 11 is 5.94. The van der Waals surface area contributed by atoms with Gasteiger partial charge in [0.25, 0.3) is 0 Å². The molecule has 1 aromatic heterocycles. The Morgan fingerprint density at radius 2 is 2.05 bits per heavy atom. The monoisotopic (exact) mass is 290 g/mol. The Hall–Kier alpha value is -1.65. The zero-order valence-electron chi connectivity index (χ0n) is 11.0. The first kappa shape index (κ1) is 13.3. The Balaban J connectivity index is 2.05. The lowest BCUT2D eigenvalue weighted by atomic mass is 10.1. The highest BCUT2D eigenvalue weighted by molar-refractivity contribution is 6.31. The van der Waals surface area contributed by atoms with E-state index in [-0.39, 0.29) is 5.56 Å². The van der Waals surface area contributed by atoms with Gasteiger partial charge in [-0.2, -0.15) is 0 Å². The highest BCUT2D eigenvalue weighted by Gasteiger charge is 2.16. The van der Waals surface area contributed by atoms with Gasteiger partial charge in [0.05, 0.1) is 16.8 Å². The van der Waals surface area contributed by atoms with E-state index in [1.54, 1.807) is 24.3 Å². The summed E-state index contributed by atoms with van der Waals surface area (Å²) in [4.78, 5) is 18.3. The van der Waals surface area contributed by atoms with Crippen molar-refractivity contribution in [2.75, 3.05) is 13.1 Å². The molecule has 0 bridgehead atoms. The summed E-state index contributed by atoms with van der Waals surface area (Å²) in [6.45, 7) is 2.82. The molecule has 0 aliphatic carbocycles. The summed E-state index contributed by atoms with van der Waals surface area (Å²) in [7, 11) is 0. The molecule has 0 radical (unpaired) electrons. The number of likely N-dealkylation sites (tertiary alicyclic amines) is 1. The van der Waals surface area contributed by atoms with Crippen molar-refractivity contribution in [3.8, 4) is 0 Å². The molecule has 0 saturated carbocycles. The third kappa shape index (κ3) is 2.62. The molecule has 3 rings (SSSR count). The van der Waals surface area contributed by atoms with Gasteiger partial charge in [-0.1, -0.05) is 11.6 Å². The zero-order valence-corrected chi connectivity index (χ0v) is 11.7. The number of nitrogens with zero attached hydrogens (tertiary/aromatic N) is 2. The van der Waals surface area contributed by atoms with Gasteiger partial charge in [0.15, 0.2) is 0 Å². The molecular formula is C15H15ClN2O2. The molecule has 0 atom stereocenters. The van der Waals surface area contributed by atoms with Crippen LogP contribution < -0.4 is 0 Å². The van der Waals surface area contributed by atoms with Gasteiger partial charge < -0.3 is 5.11 Å². The third-order valence-corrected chi connectivity index (χ3v) is 3.87. The highest BCUT2D eigenvalue weighted by atomic mass is 35.5. The molecule has 1 aliphatic heterocycles. The lowest BCUT2D eigenvalue weighted by Crippen LogP contribution is -2.19. The van der Waals surface area contributed by atoms with Gasteiger partial charge in [-0.3, -0.25) is 9.88 Å². The smallest absolute Gasteiger partial charge is 0.336 e. The van der Waals surface area contributed by atoms with Crippen LogP contribution in [0, 0.1) is 0 Å². The Morgan fingerprint density at radius 3 is 2.75 bits per heavy atom. The number of hydrogen-bond acceptors (Lipinski definition) is 3. The SMILES string of the molecule is O=C(O)c1cc(CN2CCCC2)nc2ccc(Cl)cc12. The van der Waals surface area contributed by atoms with Gasteiger partial charge in [0.1, 0.15) is 0 Å². The van der Waals surface area contributed by atoms with Crippen molar-refractivity contribution in [3.63, 3.8) is 0 Å². The number of aromatic carboxylic acids is 1. The maximum absolute atomic E-state index is 11.4. The van der Waals surface area contributed by atoms with Crippen molar-refractivity contribution in [2.24, 2.45) is 0 Å². The summed E-state index contributed by atoms with van der Waals surface area (Å²) < 4.78 is 0. The second-order valence-electron chi connectivity index (χ2n) is 5.11. The first-order chi connectivity index (χ1) is 9.63. The van der Waals surface area contributed by atoms with E-state index in [2.05, 4.69) is 9.88 Å². The lowest BCUT2D eigenvalue weighted by molar-refractivity contribution is 0.0698. The molecule has 20 heavy (non-hydrogen) atoms. The Kier molecular flexibility index (Phi) is 3.59. The van der Waals surface area contributed by atoms with Crippen molar-refractivity contribution in [1.82, 2.24) is 9.88 Å². The van der Waals surface area contributed by atoms with Crippen LogP contribution in [0.15, 0.2) is 24.3 Å². The minimum atomic E-state index is -0.942. The molecule has 5 heteroatoms. The fourth-order valence-corrected chi connectivity index (χ4v) is 2.85. The van der Waals surface area contributed by atoms with Crippen LogP contribution in [0.1, 0.15) is 28.9 Å². The number of pyridine rings is 1. The molecule has 0 amide bonds. The number of hydrogen-bond donors (Lipinski definition) is 1. The van der Waals surface area contributed by atoms with Crippen LogP contribution in [-0.2, 0) is 6.54 Å². The fraction of sp³-hybridized carbons (Fsp3) is 0.333. The molecular weight excluding hydrogens is 276 g/mol. The summed E-state index contributed by atoms with van der Waals surface area (Å²) in [5.74, 6) is -0.942. The van der Waals surface area contributed by atoms with Crippen LogP contribution in [0.25, 0.3) is 10.9 Å². The summed E-state index contributed by atoms with van der Waals surface area (Å²) in [6, 6.07) is 6.84. The molecule has 0 unspecified atom stereocenters. The summed E-state index contributed by atoms with van der Waals surface area (Å²) in [6.07, 6.45) is 2.41. The van der Waals surface area contributed by atoms with Gasteiger partial charge in [-0.25, -0.2) is 4.79 Å². The Morgan fingerprint density at radius 1 is 1.30 bits per heavy atom. The number of aromatic nitrogens is 1. The van der Waals surface area contributed by atoms with E-state index in [9.17, 15) is 9.90 Å². The normalized spacial score (nSPS) is 15.8. The van der Waals surface area contributed by atoms with Crippen LogP contribution in [-0.4, -0.2) is 34.0 Å². The molecule has 1 aromatic carbocycles. The van der Waals surface area contributed by atoms with Gasteiger partial charge in [0.2, 0.25) is 0 Å². The molecule has 2 heterocycles. The first-order valence-corrected chi connectivity index (χ1v) is 7.06.